The van der Waals surface area contributed by atoms with Crippen molar-refractivity contribution in [2.45, 2.75) is 0 Å². The van der Waals surface area contributed by atoms with Gasteiger partial charge in [-0.15, -0.1) is 0 Å². The molecule has 0 aromatic heterocycles. The van der Waals surface area contributed by atoms with E-state index >= 15 is 0 Å². The van der Waals surface area contributed by atoms with Crippen LogP contribution >= 0.6 is 0 Å². The molecule has 0 spiro atoms. The molecule has 0 saturated heterocycles. The molecule has 0 bridgehead atoms. The maximum atomic E-state index is 10.3. The van der Waals surface area contributed by atoms with E-state index in [9.17, 15) is 4.79 Å². The number of benzene rings is 1. The molecule has 1 N–H and O–H groups in total. The SMILES string of the molecule is O=Cc1ccc(C=CCO)cc1. The van der Waals surface area contributed by atoms with Gasteiger partial charge in [0.25, 0.3) is 0 Å². The Morgan fingerprint density at radius 3 is 2.25 bits per heavy atom. The van der Waals surface area contributed by atoms with Crippen LogP contribution in [0.4, 0.5) is 0 Å². The number of hydrogen-bond donors (Lipinski definition) is 1. The first kappa shape index (κ1) is 8.68. The lowest BCUT2D eigenvalue weighted by molar-refractivity contribution is 0.112. The van der Waals surface area contributed by atoms with Gasteiger partial charge in [0.2, 0.25) is 0 Å². The maximum Gasteiger partial charge on any atom is 0.150 e. The van der Waals surface area contributed by atoms with E-state index < -0.39 is 0 Å². The van der Waals surface area contributed by atoms with Gasteiger partial charge in [0.1, 0.15) is 6.29 Å². The Labute approximate surface area is 71.2 Å². The molecule has 0 saturated carbocycles. The zero-order valence-corrected chi connectivity index (χ0v) is 6.60. The Hall–Kier alpha value is -1.41. The molecule has 0 aliphatic heterocycles. The minimum absolute atomic E-state index is 0.0371. The van der Waals surface area contributed by atoms with Crippen LogP contribution in [0, 0.1) is 0 Å². The van der Waals surface area contributed by atoms with E-state index in [2.05, 4.69) is 0 Å². The third kappa shape index (κ3) is 2.32. The van der Waals surface area contributed by atoms with Gasteiger partial charge in [0, 0.05) is 5.56 Å². The third-order valence-corrected chi connectivity index (χ3v) is 1.49. The second kappa shape index (κ2) is 4.46. The summed E-state index contributed by atoms with van der Waals surface area (Å²) in [6.07, 6.45) is 4.25. The first-order chi connectivity index (χ1) is 5.86. The van der Waals surface area contributed by atoms with E-state index in [1.165, 1.54) is 0 Å². The molecule has 2 nitrogen and oxygen atoms in total. The van der Waals surface area contributed by atoms with Crippen molar-refractivity contribution in [2.75, 3.05) is 6.61 Å². The standard InChI is InChI=1S/C10H10O2/c11-7-1-2-9-3-5-10(8-12)6-4-9/h1-6,8,11H,7H2. The largest absolute Gasteiger partial charge is 0.392 e. The molecule has 0 amide bonds. The molecule has 0 aliphatic rings. The number of aliphatic hydroxyl groups is 1. The Bertz CT molecular complexity index is 272. The van der Waals surface area contributed by atoms with Crippen molar-refractivity contribution < 1.29 is 9.90 Å². The summed E-state index contributed by atoms with van der Waals surface area (Å²) >= 11 is 0. The van der Waals surface area contributed by atoms with E-state index in [0.717, 1.165) is 11.8 Å². The van der Waals surface area contributed by atoms with Crippen LogP contribution < -0.4 is 0 Å². The normalized spacial score (nSPS) is 10.4. The van der Waals surface area contributed by atoms with Gasteiger partial charge in [0.05, 0.1) is 6.61 Å². The average molecular weight is 162 g/mol. The maximum absolute atomic E-state index is 10.3. The van der Waals surface area contributed by atoms with Crippen LogP contribution in [0.15, 0.2) is 30.3 Å². The summed E-state index contributed by atoms with van der Waals surface area (Å²) in [6.45, 7) is 0.0371. The summed E-state index contributed by atoms with van der Waals surface area (Å²) in [6, 6.07) is 7.14. The lowest BCUT2D eigenvalue weighted by Gasteiger charge is -1.92. The van der Waals surface area contributed by atoms with Gasteiger partial charge in [0.15, 0.2) is 0 Å². The highest BCUT2D eigenvalue weighted by Crippen LogP contribution is 2.03. The number of rotatable bonds is 3. The molecule has 0 fully saturated rings. The van der Waals surface area contributed by atoms with Gasteiger partial charge < -0.3 is 5.11 Å². The second-order valence-corrected chi connectivity index (χ2v) is 2.37. The van der Waals surface area contributed by atoms with Gasteiger partial charge >= 0.3 is 0 Å². The first-order valence-corrected chi connectivity index (χ1v) is 3.69. The van der Waals surface area contributed by atoms with Gasteiger partial charge in [-0.25, -0.2) is 0 Å². The van der Waals surface area contributed by atoms with Crippen molar-refractivity contribution in [1.29, 1.82) is 0 Å². The number of aliphatic hydroxyl groups excluding tert-OH is 1. The zero-order valence-electron chi connectivity index (χ0n) is 6.60. The van der Waals surface area contributed by atoms with Crippen LogP contribution in [0.3, 0.4) is 0 Å². The van der Waals surface area contributed by atoms with Gasteiger partial charge in [-0.05, 0) is 5.56 Å². The van der Waals surface area contributed by atoms with E-state index in [1.807, 2.05) is 12.1 Å². The summed E-state index contributed by atoms with van der Waals surface area (Å²) in [5, 5.41) is 8.49. The summed E-state index contributed by atoms with van der Waals surface area (Å²) in [5.74, 6) is 0. The Kier molecular flexibility index (Phi) is 3.23. The second-order valence-electron chi connectivity index (χ2n) is 2.37. The van der Waals surface area contributed by atoms with Crippen LogP contribution in [-0.4, -0.2) is 18.0 Å². The number of carbonyl (C=O) groups is 1. The van der Waals surface area contributed by atoms with Crippen LogP contribution in [0.1, 0.15) is 15.9 Å². The summed E-state index contributed by atoms with van der Waals surface area (Å²) in [5.41, 5.74) is 1.64. The molecule has 62 valence electrons. The molecule has 0 unspecified atom stereocenters. The lowest BCUT2D eigenvalue weighted by Crippen LogP contribution is -1.79. The highest BCUT2D eigenvalue weighted by atomic mass is 16.2. The van der Waals surface area contributed by atoms with Crippen LogP contribution in [-0.2, 0) is 0 Å². The van der Waals surface area contributed by atoms with Gasteiger partial charge in [-0.1, -0.05) is 36.4 Å². The molecule has 0 heterocycles. The Morgan fingerprint density at radius 2 is 1.75 bits per heavy atom. The predicted molar refractivity (Wildman–Crippen MR) is 47.9 cm³/mol. The fraction of sp³-hybridized carbons (Fsp3) is 0.100. The molecule has 0 atom stereocenters. The quantitative estimate of drug-likeness (QED) is 0.684. The number of carbonyl (C=O) groups excluding carboxylic acids is 1. The van der Waals surface area contributed by atoms with Crippen LogP contribution in [0.5, 0.6) is 0 Å². The van der Waals surface area contributed by atoms with Crippen molar-refractivity contribution in [3.05, 3.63) is 41.5 Å². The van der Waals surface area contributed by atoms with Crippen LogP contribution in [0.25, 0.3) is 6.08 Å². The monoisotopic (exact) mass is 162 g/mol. The molecule has 0 aliphatic carbocycles. The third-order valence-electron chi connectivity index (χ3n) is 1.49. The van der Waals surface area contributed by atoms with E-state index in [0.29, 0.717) is 5.56 Å². The molecular formula is C10H10O2. The highest BCUT2D eigenvalue weighted by molar-refractivity contribution is 5.75. The Morgan fingerprint density at radius 1 is 1.17 bits per heavy atom. The van der Waals surface area contributed by atoms with Crippen molar-refractivity contribution >= 4 is 12.4 Å². The smallest absolute Gasteiger partial charge is 0.150 e. The van der Waals surface area contributed by atoms with Gasteiger partial charge in [-0.3, -0.25) is 4.79 Å². The Balaban J connectivity index is 2.77. The molecule has 2 heteroatoms. The molecule has 1 aromatic rings. The minimum atomic E-state index is 0.0371. The molecular weight excluding hydrogens is 152 g/mol. The fourth-order valence-electron chi connectivity index (χ4n) is 0.874. The van der Waals surface area contributed by atoms with E-state index in [-0.39, 0.29) is 6.61 Å². The van der Waals surface area contributed by atoms with Crippen molar-refractivity contribution in [3.8, 4) is 0 Å². The highest BCUT2D eigenvalue weighted by Gasteiger charge is 1.88. The van der Waals surface area contributed by atoms with Crippen molar-refractivity contribution in [1.82, 2.24) is 0 Å². The van der Waals surface area contributed by atoms with Crippen molar-refractivity contribution in [2.24, 2.45) is 0 Å². The average Bonchev–Trinajstić information content (AvgIpc) is 2.15. The van der Waals surface area contributed by atoms with E-state index in [4.69, 9.17) is 5.11 Å². The first-order valence-electron chi connectivity index (χ1n) is 3.69. The lowest BCUT2D eigenvalue weighted by atomic mass is 10.1. The fourth-order valence-corrected chi connectivity index (χ4v) is 0.874. The summed E-state index contributed by atoms with van der Waals surface area (Å²) < 4.78 is 0. The topological polar surface area (TPSA) is 37.3 Å². The van der Waals surface area contributed by atoms with Crippen molar-refractivity contribution in [3.63, 3.8) is 0 Å². The van der Waals surface area contributed by atoms with E-state index in [1.54, 1.807) is 24.3 Å². The van der Waals surface area contributed by atoms with Crippen LogP contribution in [0.2, 0.25) is 0 Å². The minimum Gasteiger partial charge on any atom is -0.392 e. The molecule has 0 radical (unpaired) electrons. The predicted octanol–water partition coefficient (Wildman–Crippen LogP) is 1.50. The molecule has 12 heavy (non-hydrogen) atoms. The number of aldehydes is 1. The summed E-state index contributed by atoms with van der Waals surface area (Å²) in [4.78, 5) is 10.3. The number of hydrogen-bond acceptors (Lipinski definition) is 2. The summed E-state index contributed by atoms with van der Waals surface area (Å²) in [7, 11) is 0. The molecule has 1 aromatic carbocycles. The zero-order chi connectivity index (χ0) is 8.81. The van der Waals surface area contributed by atoms with Gasteiger partial charge in [-0.2, -0.15) is 0 Å². The molecule has 1 rings (SSSR count).